The van der Waals surface area contributed by atoms with Crippen LogP contribution in [0.3, 0.4) is 0 Å². The molecule has 2 atom stereocenters. The Labute approximate surface area is 183 Å². The van der Waals surface area contributed by atoms with Crippen LogP contribution in [0, 0.1) is 5.92 Å². The topological polar surface area (TPSA) is 62.2 Å². The number of likely N-dealkylation sites (N-methyl/N-ethyl adjacent to an activating group) is 1. The monoisotopic (exact) mass is 447 g/mol. The van der Waals surface area contributed by atoms with E-state index in [9.17, 15) is 4.79 Å². The van der Waals surface area contributed by atoms with Crippen molar-refractivity contribution in [2.45, 2.75) is 31.8 Å². The van der Waals surface area contributed by atoms with Crippen LogP contribution in [0.25, 0.3) is 0 Å². The third-order valence-corrected chi connectivity index (χ3v) is 6.18. The maximum atomic E-state index is 12.8. The van der Waals surface area contributed by atoms with E-state index >= 15 is 0 Å². The first kappa shape index (κ1) is 24.9. The third kappa shape index (κ3) is 6.19. The first-order valence-corrected chi connectivity index (χ1v) is 10.2. The van der Waals surface area contributed by atoms with E-state index in [0.717, 1.165) is 24.6 Å². The summed E-state index contributed by atoms with van der Waals surface area (Å²) in [5, 5.41) is 12.6. The Morgan fingerprint density at radius 3 is 2.61 bits per heavy atom. The number of carbonyl (C=O) groups is 1. The summed E-state index contributed by atoms with van der Waals surface area (Å²) in [6, 6.07) is 4.14. The standard InChI is InChI=1S/C19H29N5OS.2ClH/c1-14-6-8-24(9-7-14)16(17-5-4-10-26-17)12-21-19(25)18(20-2)15-11-22-23(3)13-15;;/h4-5,10-11,13-14,16,18,20H,6-9,12H2,1-3H3,(H,21,25);2*1H. The van der Waals surface area contributed by atoms with Gasteiger partial charge in [-0.05, 0) is 50.3 Å². The molecule has 2 aromatic rings. The van der Waals surface area contributed by atoms with E-state index in [1.165, 1.54) is 17.7 Å². The lowest BCUT2D eigenvalue weighted by molar-refractivity contribution is -0.123. The molecule has 0 aliphatic carbocycles. The molecule has 2 unspecified atom stereocenters. The van der Waals surface area contributed by atoms with Gasteiger partial charge in [0, 0.05) is 30.2 Å². The van der Waals surface area contributed by atoms with Crippen molar-refractivity contribution >= 4 is 42.1 Å². The summed E-state index contributed by atoms with van der Waals surface area (Å²) in [6.45, 7) is 5.15. The zero-order chi connectivity index (χ0) is 18.5. The van der Waals surface area contributed by atoms with Gasteiger partial charge in [0.05, 0.1) is 12.2 Å². The van der Waals surface area contributed by atoms with Crippen molar-refractivity contribution in [3.05, 3.63) is 40.3 Å². The van der Waals surface area contributed by atoms with E-state index in [4.69, 9.17) is 0 Å². The number of thiophene rings is 1. The minimum absolute atomic E-state index is 0. The predicted molar refractivity (Wildman–Crippen MR) is 120 cm³/mol. The average Bonchev–Trinajstić information content (AvgIpc) is 3.30. The lowest BCUT2D eigenvalue weighted by atomic mass is 9.97. The number of likely N-dealkylation sites (tertiary alicyclic amines) is 1. The number of hydrogen-bond donors (Lipinski definition) is 2. The highest BCUT2D eigenvalue weighted by Crippen LogP contribution is 2.29. The third-order valence-electron chi connectivity index (χ3n) is 5.21. The molecule has 9 heteroatoms. The van der Waals surface area contributed by atoms with Gasteiger partial charge in [-0.3, -0.25) is 14.4 Å². The minimum atomic E-state index is -0.380. The maximum Gasteiger partial charge on any atom is 0.241 e. The molecule has 0 bridgehead atoms. The Kier molecular flexibility index (Phi) is 10.5. The average molecular weight is 448 g/mol. The molecule has 0 aromatic carbocycles. The van der Waals surface area contributed by atoms with Crippen LogP contribution in [0.5, 0.6) is 0 Å². The van der Waals surface area contributed by atoms with Crippen LogP contribution < -0.4 is 10.6 Å². The zero-order valence-electron chi connectivity index (χ0n) is 16.6. The molecule has 0 spiro atoms. The molecule has 1 saturated heterocycles. The lowest BCUT2D eigenvalue weighted by Gasteiger charge is -2.36. The van der Waals surface area contributed by atoms with Gasteiger partial charge in [0.2, 0.25) is 5.91 Å². The number of nitrogens with zero attached hydrogens (tertiary/aromatic N) is 3. The molecule has 0 saturated carbocycles. The smallest absolute Gasteiger partial charge is 0.241 e. The molecule has 2 aromatic heterocycles. The van der Waals surface area contributed by atoms with Crippen LogP contribution >= 0.6 is 36.2 Å². The highest BCUT2D eigenvalue weighted by Gasteiger charge is 2.27. The van der Waals surface area contributed by atoms with Gasteiger partial charge in [-0.2, -0.15) is 5.10 Å². The van der Waals surface area contributed by atoms with Crippen molar-refractivity contribution in [1.29, 1.82) is 0 Å². The normalized spacial score (nSPS) is 17.2. The van der Waals surface area contributed by atoms with Crippen LogP contribution in [-0.2, 0) is 11.8 Å². The molecular formula is C19H31Cl2N5OS. The van der Waals surface area contributed by atoms with E-state index in [1.54, 1.807) is 29.3 Å². The summed E-state index contributed by atoms with van der Waals surface area (Å²) < 4.78 is 1.72. The molecule has 28 heavy (non-hydrogen) atoms. The Hall–Kier alpha value is -1.12. The second kappa shape index (κ2) is 11.8. The van der Waals surface area contributed by atoms with Gasteiger partial charge < -0.3 is 10.6 Å². The van der Waals surface area contributed by atoms with Crippen molar-refractivity contribution in [1.82, 2.24) is 25.3 Å². The Morgan fingerprint density at radius 1 is 1.36 bits per heavy atom. The predicted octanol–water partition coefficient (Wildman–Crippen LogP) is 3.18. The summed E-state index contributed by atoms with van der Waals surface area (Å²) in [6.07, 6.45) is 6.07. The number of amides is 1. The van der Waals surface area contributed by atoms with E-state index in [1.807, 2.05) is 13.2 Å². The molecule has 1 aliphatic heterocycles. The van der Waals surface area contributed by atoms with Crippen molar-refractivity contribution in [2.24, 2.45) is 13.0 Å². The summed E-state index contributed by atoms with van der Waals surface area (Å²) in [5.41, 5.74) is 0.881. The van der Waals surface area contributed by atoms with E-state index < -0.39 is 0 Å². The number of rotatable bonds is 7. The van der Waals surface area contributed by atoms with Crippen molar-refractivity contribution < 1.29 is 4.79 Å². The number of hydrogen-bond acceptors (Lipinski definition) is 5. The first-order valence-electron chi connectivity index (χ1n) is 9.29. The van der Waals surface area contributed by atoms with Crippen LogP contribution in [0.15, 0.2) is 29.9 Å². The summed E-state index contributed by atoms with van der Waals surface area (Å²) in [5.74, 6) is 0.788. The Morgan fingerprint density at radius 2 is 2.07 bits per heavy atom. The molecule has 1 aliphatic rings. The highest BCUT2D eigenvalue weighted by atomic mass is 35.5. The van der Waals surface area contributed by atoms with Crippen LogP contribution in [-0.4, -0.2) is 47.3 Å². The second-order valence-electron chi connectivity index (χ2n) is 7.16. The molecule has 0 radical (unpaired) electrons. The van der Waals surface area contributed by atoms with Crippen molar-refractivity contribution in [3.8, 4) is 0 Å². The fraction of sp³-hybridized carbons (Fsp3) is 0.579. The van der Waals surface area contributed by atoms with E-state index in [0.29, 0.717) is 6.54 Å². The number of aromatic nitrogens is 2. The zero-order valence-corrected chi connectivity index (χ0v) is 19.1. The van der Waals surface area contributed by atoms with Gasteiger partial charge >= 0.3 is 0 Å². The molecule has 6 nitrogen and oxygen atoms in total. The number of nitrogens with one attached hydrogen (secondary N) is 2. The van der Waals surface area contributed by atoms with Gasteiger partial charge in [0.1, 0.15) is 6.04 Å². The van der Waals surface area contributed by atoms with Gasteiger partial charge in [0.25, 0.3) is 0 Å². The number of piperidine rings is 1. The number of carbonyl (C=O) groups excluding carboxylic acids is 1. The SMILES string of the molecule is CNC(C(=O)NCC(c1cccs1)N1CCC(C)CC1)c1cnn(C)c1.Cl.Cl. The fourth-order valence-electron chi connectivity index (χ4n) is 3.57. The minimum Gasteiger partial charge on any atom is -0.352 e. The molecular weight excluding hydrogens is 417 g/mol. The quantitative estimate of drug-likeness (QED) is 0.683. The van der Waals surface area contributed by atoms with Crippen LogP contribution in [0.1, 0.15) is 42.3 Å². The fourth-order valence-corrected chi connectivity index (χ4v) is 4.43. The number of halogens is 2. The van der Waals surface area contributed by atoms with Gasteiger partial charge in [0.15, 0.2) is 0 Å². The van der Waals surface area contributed by atoms with Crippen molar-refractivity contribution in [2.75, 3.05) is 26.7 Å². The van der Waals surface area contributed by atoms with Gasteiger partial charge in [-0.1, -0.05) is 13.0 Å². The first-order chi connectivity index (χ1) is 12.6. The second-order valence-corrected chi connectivity index (χ2v) is 8.14. The highest BCUT2D eigenvalue weighted by molar-refractivity contribution is 7.10. The van der Waals surface area contributed by atoms with E-state index in [-0.39, 0.29) is 42.8 Å². The Bertz CT molecular complexity index is 701. The summed E-state index contributed by atoms with van der Waals surface area (Å²) >= 11 is 1.77. The molecule has 2 N–H and O–H groups in total. The molecule has 1 amide bonds. The molecule has 158 valence electrons. The van der Waals surface area contributed by atoms with Crippen molar-refractivity contribution in [3.63, 3.8) is 0 Å². The summed E-state index contributed by atoms with van der Waals surface area (Å²) in [4.78, 5) is 16.6. The Balaban J connectivity index is 0.00000196. The van der Waals surface area contributed by atoms with Gasteiger partial charge in [-0.25, -0.2) is 0 Å². The molecule has 1 fully saturated rings. The lowest BCUT2D eigenvalue weighted by Crippen LogP contribution is -2.44. The van der Waals surface area contributed by atoms with E-state index in [2.05, 4.69) is 45.1 Å². The number of aryl methyl sites for hydroxylation is 1. The molecule has 3 heterocycles. The van der Waals surface area contributed by atoms with Gasteiger partial charge in [-0.15, -0.1) is 36.2 Å². The molecule has 3 rings (SSSR count). The largest absolute Gasteiger partial charge is 0.352 e. The summed E-state index contributed by atoms with van der Waals surface area (Å²) in [7, 11) is 3.67. The van der Waals surface area contributed by atoms with Crippen LogP contribution in [0.2, 0.25) is 0 Å². The maximum absolute atomic E-state index is 12.8. The van der Waals surface area contributed by atoms with Crippen LogP contribution in [0.4, 0.5) is 0 Å².